The highest BCUT2D eigenvalue weighted by Gasteiger charge is 2.37. The van der Waals surface area contributed by atoms with Crippen LogP contribution in [0.2, 0.25) is 0 Å². The molecule has 2 aliphatic rings. The van der Waals surface area contributed by atoms with Gasteiger partial charge in [0, 0.05) is 23.2 Å². The Morgan fingerprint density at radius 2 is 1.97 bits per heavy atom. The molecule has 4 rings (SSSR count). The van der Waals surface area contributed by atoms with E-state index < -0.39 is 22.4 Å². The van der Waals surface area contributed by atoms with Gasteiger partial charge in [0.15, 0.2) is 16.4 Å². The smallest absolute Gasteiger partial charge is 0.339 e. The van der Waals surface area contributed by atoms with E-state index in [1.54, 1.807) is 4.90 Å². The average Bonchev–Trinajstić information content (AvgIpc) is 3.14. The molecule has 0 unspecified atom stereocenters. The fourth-order valence-corrected chi connectivity index (χ4v) is 6.59. The number of fused-ring (bicyclic) bond motifs is 2. The number of ether oxygens (including phenoxy) is 1. The third kappa shape index (κ3) is 4.51. The number of carbonyl (C=O) groups is 2. The van der Waals surface area contributed by atoms with Gasteiger partial charge in [0.05, 0.1) is 22.6 Å². The van der Waals surface area contributed by atoms with E-state index in [4.69, 9.17) is 9.72 Å². The molecule has 2 aromatic rings. The summed E-state index contributed by atoms with van der Waals surface area (Å²) in [5.41, 5.74) is 3.12. The fourth-order valence-electron chi connectivity index (χ4n) is 4.88. The lowest BCUT2D eigenvalue weighted by molar-refractivity contribution is -0.138. The molecule has 1 amide bonds. The number of sulfone groups is 1. The number of aromatic nitrogens is 1. The molecule has 2 atom stereocenters. The summed E-state index contributed by atoms with van der Waals surface area (Å²) in [6.45, 7) is 3.46. The van der Waals surface area contributed by atoms with Crippen molar-refractivity contribution >= 4 is 32.6 Å². The standard InChI is InChI=1S/C24H30N2O5S/c1-3-16(2)26(17-12-13-32(29,30)15-17)22(27)14-31-24(28)23-18-8-4-6-10-20(18)25-21-11-7-5-9-19(21)23/h4,6,8,10,16-17H,3,5,7,9,11-15H2,1-2H3/t16-,17+/m1/s1. The first-order valence-corrected chi connectivity index (χ1v) is 13.2. The van der Waals surface area contributed by atoms with Gasteiger partial charge < -0.3 is 9.64 Å². The monoisotopic (exact) mass is 458 g/mol. The molecule has 172 valence electrons. The van der Waals surface area contributed by atoms with Crippen LogP contribution < -0.4 is 0 Å². The summed E-state index contributed by atoms with van der Waals surface area (Å²) in [6, 6.07) is 7.02. The fraction of sp³-hybridized carbons (Fsp3) is 0.542. The van der Waals surface area contributed by atoms with Crippen LogP contribution in [-0.2, 0) is 32.2 Å². The van der Waals surface area contributed by atoms with Gasteiger partial charge >= 0.3 is 5.97 Å². The van der Waals surface area contributed by atoms with E-state index in [0.717, 1.165) is 47.8 Å². The second-order valence-electron chi connectivity index (χ2n) is 8.83. The summed E-state index contributed by atoms with van der Waals surface area (Å²) < 4.78 is 29.5. The van der Waals surface area contributed by atoms with E-state index in [9.17, 15) is 18.0 Å². The lowest BCUT2D eigenvalue weighted by Crippen LogP contribution is -2.48. The summed E-state index contributed by atoms with van der Waals surface area (Å²) in [4.78, 5) is 32.6. The van der Waals surface area contributed by atoms with Gasteiger partial charge in [-0.15, -0.1) is 0 Å². The average molecular weight is 459 g/mol. The Hall–Kier alpha value is -2.48. The van der Waals surface area contributed by atoms with Gasteiger partial charge in [-0.1, -0.05) is 25.1 Å². The van der Waals surface area contributed by atoms with Crippen molar-refractivity contribution in [1.82, 2.24) is 9.88 Å². The van der Waals surface area contributed by atoms with Crippen LogP contribution >= 0.6 is 0 Å². The van der Waals surface area contributed by atoms with Crippen LogP contribution in [0.3, 0.4) is 0 Å². The Morgan fingerprint density at radius 3 is 2.69 bits per heavy atom. The number of nitrogens with zero attached hydrogens (tertiary/aromatic N) is 2. The molecule has 7 nitrogen and oxygen atoms in total. The van der Waals surface area contributed by atoms with E-state index >= 15 is 0 Å². The van der Waals surface area contributed by atoms with Gasteiger partial charge in [0.25, 0.3) is 5.91 Å². The topological polar surface area (TPSA) is 93.6 Å². The minimum absolute atomic E-state index is 0.0282. The predicted molar refractivity (Wildman–Crippen MR) is 122 cm³/mol. The van der Waals surface area contributed by atoms with Gasteiger partial charge in [-0.25, -0.2) is 13.2 Å². The van der Waals surface area contributed by atoms with Crippen molar-refractivity contribution in [2.75, 3.05) is 18.1 Å². The lowest BCUT2D eigenvalue weighted by Gasteiger charge is -2.33. The van der Waals surface area contributed by atoms with Crippen LogP contribution in [0.1, 0.15) is 61.1 Å². The zero-order valence-electron chi connectivity index (χ0n) is 18.7. The number of aryl methyl sites for hydroxylation is 1. The second-order valence-corrected chi connectivity index (χ2v) is 11.1. The Morgan fingerprint density at radius 1 is 1.22 bits per heavy atom. The Balaban J connectivity index is 1.57. The highest BCUT2D eigenvalue weighted by molar-refractivity contribution is 7.91. The molecule has 1 aliphatic carbocycles. The largest absolute Gasteiger partial charge is 0.452 e. The maximum Gasteiger partial charge on any atom is 0.339 e. The minimum atomic E-state index is -3.13. The lowest BCUT2D eigenvalue weighted by atomic mass is 9.90. The van der Waals surface area contributed by atoms with Gasteiger partial charge in [0.2, 0.25) is 0 Å². The van der Waals surface area contributed by atoms with Crippen LogP contribution in [0.15, 0.2) is 24.3 Å². The van der Waals surface area contributed by atoms with Gasteiger partial charge in [-0.2, -0.15) is 0 Å². The maximum absolute atomic E-state index is 13.2. The molecule has 1 fully saturated rings. The van der Waals surface area contributed by atoms with Crippen molar-refractivity contribution in [3.05, 3.63) is 41.1 Å². The first kappa shape index (κ1) is 22.7. The number of rotatable bonds is 6. The molecular formula is C24H30N2O5S. The van der Waals surface area contributed by atoms with Crippen LogP contribution in [0.25, 0.3) is 10.9 Å². The molecule has 1 saturated heterocycles. The van der Waals surface area contributed by atoms with Crippen molar-refractivity contribution in [3.63, 3.8) is 0 Å². The number of hydrogen-bond acceptors (Lipinski definition) is 6. The van der Waals surface area contributed by atoms with Crippen molar-refractivity contribution < 1.29 is 22.7 Å². The quantitative estimate of drug-likeness (QED) is 0.618. The van der Waals surface area contributed by atoms with Crippen LogP contribution in [0.5, 0.6) is 0 Å². The molecule has 2 heterocycles. The molecule has 0 radical (unpaired) electrons. The molecule has 0 spiro atoms. The normalized spacial score (nSPS) is 20.5. The van der Waals surface area contributed by atoms with E-state index in [2.05, 4.69) is 0 Å². The summed E-state index contributed by atoms with van der Waals surface area (Å²) in [5, 5.41) is 0.742. The number of hydrogen-bond donors (Lipinski definition) is 0. The highest BCUT2D eigenvalue weighted by atomic mass is 32.2. The first-order valence-electron chi connectivity index (χ1n) is 11.4. The number of esters is 1. The van der Waals surface area contributed by atoms with Crippen LogP contribution in [-0.4, -0.2) is 60.4 Å². The molecule has 1 aliphatic heterocycles. The van der Waals surface area contributed by atoms with Crippen molar-refractivity contribution in [1.29, 1.82) is 0 Å². The Labute approximate surface area is 189 Å². The molecule has 8 heteroatoms. The van der Waals surface area contributed by atoms with E-state index in [1.165, 1.54) is 0 Å². The van der Waals surface area contributed by atoms with Gasteiger partial charge in [-0.3, -0.25) is 9.78 Å². The predicted octanol–water partition coefficient (Wildman–Crippen LogP) is 3.08. The minimum Gasteiger partial charge on any atom is -0.452 e. The van der Waals surface area contributed by atoms with Crippen LogP contribution in [0, 0.1) is 0 Å². The number of benzene rings is 1. The summed E-state index contributed by atoms with van der Waals surface area (Å²) >= 11 is 0. The second kappa shape index (κ2) is 9.17. The molecule has 0 bridgehead atoms. The summed E-state index contributed by atoms with van der Waals surface area (Å²) in [7, 11) is -3.13. The van der Waals surface area contributed by atoms with E-state index in [-0.39, 0.29) is 29.5 Å². The van der Waals surface area contributed by atoms with Crippen LogP contribution in [0.4, 0.5) is 0 Å². The molecule has 0 N–H and O–H groups in total. The Bertz CT molecular complexity index is 1140. The highest BCUT2D eigenvalue weighted by Crippen LogP contribution is 2.30. The first-order chi connectivity index (χ1) is 15.3. The molecule has 32 heavy (non-hydrogen) atoms. The number of carbonyl (C=O) groups excluding carboxylic acids is 2. The van der Waals surface area contributed by atoms with Gasteiger partial charge in [-0.05, 0) is 57.1 Å². The third-order valence-corrected chi connectivity index (χ3v) is 8.41. The molecule has 1 aromatic heterocycles. The SMILES string of the molecule is CC[C@@H](C)N(C(=O)COC(=O)c1c2c(nc3ccccc13)CCCC2)[C@H]1CCS(=O)(=O)C1. The number of pyridine rings is 1. The third-order valence-electron chi connectivity index (χ3n) is 6.66. The number of amides is 1. The number of para-hydroxylation sites is 1. The zero-order chi connectivity index (χ0) is 22.9. The maximum atomic E-state index is 13.2. The van der Waals surface area contributed by atoms with E-state index in [0.29, 0.717) is 18.4 Å². The summed E-state index contributed by atoms with van der Waals surface area (Å²) in [5.74, 6) is -0.799. The van der Waals surface area contributed by atoms with Gasteiger partial charge in [0.1, 0.15) is 0 Å². The molecular weight excluding hydrogens is 428 g/mol. The van der Waals surface area contributed by atoms with Crippen molar-refractivity contribution in [2.24, 2.45) is 0 Å². The zero-order valence-corrected chi connectivity index (χ0v) is 19.5. The van der Waals surface area contributed by atoms with E-state index in [1.807, 2.05) is 38.1 Å². The van der Waals surface area contributed by atoms with Crippen molar-refractivity contribution in [3.8, 4) is 0 Å². The Kier molecular flexibility index (Phi) is 6.51. The van der Waals surface area contributed by atoms with Crippen molar-refractivity contribution in [2.45, 2.75) is 64.5 Å². The molecule has 0 saturated carbocycles. The summed E-state index contributed by atoms with van der Waals surface area (Å²) in [6.07, 6.45) is 4.75. The molecule has 1 aromatic carbocycles.